The highest BCUT2D eigenvalue weighted by Crippen LogP contribution is 2.19. The van der Waals surface area contributed by atoms with Gasteiger partial charge in [0.2, 0.25) is 11.8 Å². The Morgan fingerprint density at radius 3 is 2.85 bits per heavy atom. The summed E-state index contributed by atoms with van der Waals surface area (Å²) in [6.45, 7) is 4.25. The molecule has 27 heavy (non-hydrogen) atoms. The second kappa shape index (κ2) is 9.53. The van der Waals surface area contributed by atoms with Crippen LogP contribution in [0.5, 0.6) is 5.75 Å². The fourth-order valence-corrected chi connectivity index (χ4v) is 3.43. The Kier molecular flexibility index (Phi) is 6.84. The number of morpholine rings is 1. The molecule has 2 heterocycles. The summed E-state index contributed by atoms with van der Waals surface area (Å²) in [5.74, 6) is 0.747. The van der Waals surface area contributed by atoms with Crippen LogP contribution in [0.1, 0.15) is 12.0 Å². The molecule has 0 radical (unpaired) electrons. The molecule has 1 aromatic rings. The summed E-state index contributed by atoms with van der Waals surface area (Å²) in [5, 5.41) is 2.88. The fraction of sp³-hybridized carbons (Fsp3) is 0.500. The first-order valence-electron chi connectivity index (χ1n) is 9.36. The average molecular weight is 373 g/mol. The Hall–Kier alpha value is -2.38. The van der Waals surface area contributed by atoms with E-state index in [9.17, 15) is 9.59 Å². The summed E-state index contributed by atoms with van der Waals surface area (Å²) >= 11 is 0. The first-order valence-corrected chi connectivity index (χ1v) is 9.36. The van der Waals surface area contributed by atoms with Crippen molar-refractivity contribution in [3.8, 4) is 5.75 Å². The number of piperazine rings is 1. The van der Waals surface area contributed by atoms with Gasteiger partial charge in [-0.15, -0.1) is 0 Å². The van der Waals surface area contributed by atoms with Crippen LogP contribution in [-0.4, -0.2) is 80.7 Å². The summed E-state index contributed by atoms with van der Waals surface area (Å²) in [6.07, 6.45) is 4.21. The standard InChI is InChI=1S/C20H27N3O4/c1-26-18-7-3-2-5-16(18)6-4-9-22-10-8-21-20(25)17(22)15-19(24)23-11-13-27-14-12-23/h2-7,17H,8-15H2,1H3,(H,21,25)/b6-4+/t17-/m0/s1. The Bertz CT molecular complexity index is 686. The number of carbonyl (C=O) groups excluding carboxylic acids is 2. The fourth-order valence-electron chi connectivity index (χ4n) is 3.43. The van der Waals surface area contributed by atoms with Crippen LogP contribution in [0.3, 0.4) is 0 Å². The molecule has 0 aromatic heterocycles. The van der Waals surface area contributed by atoms with E-state index < -0.39 is 6.04 Å². The minimum atomic E-state index is -0.434. The molecular weight excluding hydrogens is 346 g/mol. The van der Waals surface area contributed by atoms with Crippen LogP contribution in [0.4, 0.5) is 0 Å². The first kappa shape index (κ1) is 19.4. The van der Waals surface area contributed by atoms with E-state index in [-0.39, 0.29) is 18.2 Å². The molecule has 1 atom stereocenters. The number of nitrogens with zero attached hydrogens (tertiary/aromatic N) is 2. The van der Waals surface area contributed by atoms with Gasteiger partial charge in [0.1, 0.15) is 5.75 Å². The quantitative estimate of drug-likeness (QED) is 0.797. The number of amides is 2. The Morgan fingerprint density at radius 2 is 2.07 bits per heavy atom. The smallest absolute Gasteiger partial charge is 0.237 e. The maximum atomic E-state index is 12.6. The third kappa shape index (κ3) is 5.08. The van der Waals surface area contributed by atoms with Crippen molar-refractivity contribution in [3.05, 3.63) is 35.9 Å². The second-order valence-corrected chi connectivity index (χ2v) is 6.64. The number of rotatable bonds is 6. The average Bonchev–Trinajstić information content (AvgIpc) is 2.71. The molecule has 2 saturated heterocycles. The summed E-state index contributed by atoms with van der Waals surface area (Å²) in [5.41, 5.74) is 0.988. The predicted octanol–water partition coefficient (Wildman–Crippen LogP) is 0.758. The molecule has 0 bridgehead atoms. The van der Waals surface area contributed by atoms with Crippen molar-refractivity contribution in [2.24, 2.45) is 0 Å². The number of hydrogen-bond donors (Lipinski definition) is 1. The number of nitrogens with one attached hydrogen (secondary N) is 1. The Balaban J connectivity index is 1.62. The van der Waals surface area contributed by atoms with Crippen molar-refractivity contribution in [2.75, 3.05) is 53.0 Å². The lowest BCUT2D eigenvalue weighted by Crippen LogP contribution is -2.57. The van der Waals surface area contributed by atoms with Gasteiger partial charge in [-0.25, -0.2) is 0 Å². The maximum absolute atomic E-state index is 12.6. The molecule has 2 amide bonds. The Morgan fingerprint density at radius 1 is 1.30 bits per heavy atom. The minimum absolute atomic E-state index is 0.0130. The first-order chi connectivity index (χ1) is 13.2. The highest BCUT2D eigenvalue weighted by molar-refractivity contribution is 5.89. The number of carbonyl (C=O) groups is 2. The van der Waals surface area contributed by atoms with E-state index in [2.05, 4.69) is 10.2 Å². The molecule has 3 rings (SSSR count). The van der Waals surface area contributed by atoms with Gasteiger partial charge in [0, 0.05) is 38.3 Å². The van der Waals surface area contributed by atoms with E-state index in [1.807, 2.05) is 36.4 Å². The van der Waals surface area contributed by atoms with Crippen molar-refractivity contribution in [3.63, 3.8) is 0 Å². The van der Waals surface area contributed by atoms with Crippen LogP contribution in [0.15, 0.2) is 30.3 Å². The summed E-state index contributed by atoms with van der Waals surface area (Å²) < 4.78 is 10.6. The molecule has 0 spiro atoms. The monoisotopic (exact) mass is 373 g/mol. The molecule has 7 heteroatoms. The molecule has 2 aliphatic heterocycles. The molecule has 2 aliphatic rings. The Labute approximate surface area is 159 Å². The van der Waals surface area contributed by atoms with E-state index in [4.69, 9.17) is 9.47 Å². The van der Waals surface area contributed by atoms with Crippen molar-refractivity contribution in [1.29, 1.82) is 0 Å². The molecule has 0 unspecified atom stereocenters. The zero-order chi connectivity index (χ0) is 19.1. The number of ether oxygens (including phenoxy) is 2. The SMILES string of the molecule is COc1ccccc1/C=C/CN1CCNC(=O)[C@@H]1CC(=O)N1CCOCC1. The highest BCUT2D eigenvalue weighted by atomic mass is 16.5. The van der Waals surface area contributed by atoms with Crippen molar-refractivity contribution >= 4 is 17.9 Å². The van der Waals surface area contributed by atoms with Gasteiger partial charge in [-0.1, -0.05) is 30.4 Å². The van der Waals surface area contributed by atoms with Gasteiger partial charge in [-0.2, -0.15) is 0 Å². The second-order valence-electron chi connectivity index (χ2n) is 6.64. The van der Waals surface area contributed by atoms with Gasteiger partial charge in [0.25, 0.3) is 0 Å². The molecule has 0 aliphatic carbocycles. The normalized spacial score (nSPS) is 21.3. The summed E-state index contributed by atoms with van der Waals surface area (Å²) in [7, 11) is 1.65. The van der Waals surface area contributed by atoms with Crippen LogP contribution in [0.25, 0.3) is 6.08 Å². The minimum Gasteiger partial charge on any atom is -0.496 e. The zero-order valence-corrected chi connectivity index (χ0v) is 15.7. The van der Waals surface area contributed by atoms with Gasteiger partial charge >= 0.3 is 0 Å². The third-order valence-corrected chi connectivity index (χ3v) is 4.95. The largest absolute Gasteiger partial charge is 0.496 e. The van der Waals surface area contributed by atoms with Gasteiger partial charge in [-0.05, 0) is 6.07 Å². The van der Waals surface area contributed by atoms with Crippen LogP contribution in [0.2, 0.25) is 0 Å². The van der Waals surface area contributed by atoms with E-state index in [1.54, 1.807) is 12.0 Å². The molecule has 2 fully saturated rings. The van der Waals surface area contributed by atoms with E-state index >= 15 is 0 Å². The topological polar surface area (TPSA) is 71.1 Å². The molecule has 7 nitrogen and oxygen atoms in total. The lowest BCUT2D eigenvalue weighted by atomic mass is 10.1. The summed E-state index contributed by atoms with van der Waals surface area (Å²) in [6, 6.07) is 7.35. The van der Waals surface area contributed by atoms with Crippen molar-refractivity contribution in [1.82, 2.24) is 15.1 Å². The number of hydrogen-bond acceptors (Lipinski definition) is 5. The van der Waals surface area contributed by atoms with E-state index in [0.717, 1.165) is 17.9 Å². The number of benzene rings is 1. The van der Waals surface area contributed by atoms with E-state index in [1.165, 1.54) is 0 Å². The van der Waals surface area contributed by atoms with Crippen LogP contribution in [0, 0.1) is 0 Å². The molecule has 146 valence electrons. The van der Waals surface area contributed by atoms with Crippen LogP contribution < -0.4 is 10.1 Å². The van der Waals surface area contributed by atoms with E-state index in [0.29, 0.717) is 39.4 Å². The number of para-hydroxylation sites is 1. The molecule has 0 saturated carbocycles. The summed E-state index contributed by atoms with van der Waals surface area (Å²) in [4.78, 5) is 28.8. The maximum Gasteiger partial charge on any atom is 0.237 e. The van der Waals surface area contributed by atoms with Gasteiger partial charge < -0.3 is 19.7 Å². The lowest BCUT2D eigenvalue weighted by Gasteiger charge is -2.35. The van der Waals surface area contributed by atoms with Gasteiger partial charge in [0.05, 0.1) is 32.8 Å². The zero-order valence-electron chi connectivity index (χ0n) is 15.7. The highest BCUT2D eigenvalue weighted by Gasteiger charge is 2.32. The predicted molar refractivity (Wildman–Crippen MR) is 102 cm³/mol. The molecular formula is C20H27N3O4. The van der Waals surface area contributed by atoms with Gasteiger partial charge in [-0.3, -0.25) is 14.5 Å². The van der Waals surface area contributed by atoms with Gasteiger partial charge in [0.15, 0.2) is 0 Å². The van der Waals surface area contributed by atoms with Crippen molar-refractivity contribution in [2.45, 2.75) is 12.5 Å². The lowest BCUT2D eigenvalue weighted by molar-refractivity contribution is -0.141. The third-order valence-electron chi connectivity index (χ3n) is 4.95. The van der Waals surface area contributed by atoms with Crippen LogP contribution in [-0.2, 0) is 14.3 Å². The molecule has 1 N–H and O–H groups in total. The van der Waals surface area contributed by atoms with Crippen LogP contribution >= 0.6 is 0 Å². The number of methoxy groups -OCH3 is 1. The molecule has 1 aromatic carbocycles. The van der Waals surface area contributed by atoms with Crippen molar-refractivity contribution < 1.29 is 19.1 Å².